The second-order valence-corrected chi connectivity index (χ2v) is 6.94. The van der Waals surface area contributed by atoms with Crippen molar-refractivity contribution in [1.29, 1.82) is 0 Å². The molecule has 0 heterocycles. The van der Waals surface area contributed by atoms with Crippen LogP contribution in [-0.4, -0.2) is 12.5 Å². The molecule has 0 radical (unpaired) electrons. The van der Waals surface area contributed by atoms with Crippen LogP contribution in [0.15, 0.2) is 30.3 Å². The third-order valence-corrected chi connectivity index (χ3v) is 4.16. The van der Waals surface area contributed by atoms with Gasteiger partial charge in [-0.3, -0.25) is 4.79 Å². The average molecular weight is 401 g/mol. The smallest absolute Gasteiger partial charge is 0.790 e. The Morgan fingerprint density at radius 3 is 2.23 bits per heavy atom. The zero-order valence-electron chi connectivity index (χ0n) is 16.1. The van der Waals surface area contributed by atoms with Crippen LogP contribution in [0.2, 0.25) is 0 Å². The third kappa shape index (κ3) is 14.8. The van der Waals surface area contributed by atoms with Crippen molar-refractivity contribution in [3.8, 4) is 0 Å². The van der Waals surface area contributed by atoms with Crippen molar-refractivity contribution in [2.45, 2.75) is 57.9 Å². The summed E-state index contributed by atoms with van der Waals surface area (Å²) in [5.74, 6) is -0.172. The molecule has 0 aromatic heterocycles. The fourth-order valence-corrected chi connectivity index (χ4v) is 2.74. The number of carbonyl (C=O) groups excluding carboxylic acids is 1. The van der Waals surface area contributed by atoms with Crippen molar-refractivity contribution in [3.63, 3.8) is 0 Å². The molecule has 1 atom stereocenters. The first-order chi connectivity index (χ1) is 11.4. The van der Waals surface area contributed by atoms with E-state index in [0.717, 1.165) is 19.3 Å². The molecule has 1 amide bonds. The number of benzene rings is 1. The second kappa shape index (κ2) is 16.7. The van der Waals surface area contributed by atoms with Gasteiger partial charge in [0.25, 0.3) is 0 Å². The fraction of sp³-hybridized carbons (Fsp3) is 0.588. The van der Waals surface area contributed by atoms with E-state index in [-0.39, 0.29) is 65.0 Å². The van der Waals surface area contributed by atoms with Crippen molar-refractivity contribution in [3.05, 3.63) is 35.9 Å². The van der Waals surface area contributed by atoms with Gasteiger partial charge in [-0.15, -0.1) is 0 Å². The van der Waals surface area contributed by atoms with E-state index in [1.165, 1.54) is 19.3 Å². The van der Waals surface area contributed by atoms with Gasteiger partial charge < -0.3 is 24.2 Å². The zero-order valence-corrected chi connectivity index (χ0v) is 21.0. The van der Waals surface area contributed by atoms with Gasteiger partial charge in [-0.25, -0.2) is 0 Å². The van der Waals surface area contributed by atoms with Gasteiger partial charge in [0.05, 0.1) is 20.5 Å². The molecule has 0 unspecified atom stereocenters. The Kier molecular flexibility index (Phi) is 18.7. The molecule has 0 spiro atoms. The molecule has 0 aliphatic rings. The van der Waals surface area contributed by atoms with Gasteiger partial charge in [0.2, 0.25) is 5.91 Å². The Bertz CT molecular complexity index is 527. The molecule has 26 heavy (non-hydrogen) atoms. The summed E-state index contributed by atoms with van der Waals surface area (Å²) in [5, 5.41) is 2.75. The molecule has 0 aliphatic heterocycles. The van der Waals surface area contributed by atoms with E-state index in [0.29, 0.717) is 12.0 Å². The van der Waals surface area contributed by atoms with Gasteiger partial charge in [0.1, 0.15) is 0 Å². The quantitative estimate of drug-likeness (QED) is 0.222. The zero-order chi connectivity index (χ0) is 17.8. The maximum Gasteiger partial charge on any atom is 1.00 e. The molecule has 0 bridgehead atoms. The summed E-state index contributed by atoms with van der Waals surface area (Å²) in [6, 6.07) is 8.20. The van der Waals surface area contributed by atoms with Crippen LogP contribution in [0.3, 0.4) is 0 Å². The van der Waals surface area contributed by atoms with E-state index in [2.05, 4.69) is 16.8 Å². The van der Waals surface area contributed by atoms with E-state index >= 15 is 0 Å². The molecule has 1 aromatic rings. The van der Waals surface area contributed by atoms with E-state index < -0.39 is 20.5 Å². The standard InChI is InChI=1S/C17H28NO5P.2Na/c1-2-3-4-5-6-10-13-17(19)18-16(14-23-24(20,21)22)15-11-8-7-9-12-15;;/h7-9,11-12,16H,2-6,10,13-14H2,1H3,(H,18,19)(H2,20,21,22);;/q;2*+1/p-2/t16-;;/m0../s1. The maximum absolute atomic E-state index is 12.0. The summed E-state index contributed by atoms with van der Waals surface area (Å²) in [6.07, 6.45) is 6.85. The van der Waals surface area contributed by atoms with Crippen LogP contribution in [0.5, 0.6) is 0 Å². The average Bonchev–Trinajstić information content (AvgIpc) is 2.54. The van der Waals surface area contributed by atoms with Crippen molar-refractivity contribution < 1.29 is 82.8 Å². The van der Waals surface area contributed by atoms with E-state index in [9.17, 15) is 19.1 Å². The second-order valence-electron chi connectivity index (χ2n) is 5.79. The Morgan fingerprint density at radius 1 is 1.08 bits per heavy atom. The van der Waals surface area contributed by atoms with Gasteiger partial charge in [0, 0.05) is 6.42 Å². The monoisotopic (exact) mass is 401 g/mol. The van der Waals surface area contributed by atoms with E-state index in [1.54, 1.807) is 24.3 Å². The number of phosphoric acid groups is 1. The number of unbranched alkanes of at least 4 members (excludes halogenated alkanes) is 5. The van der Waals surface area contributed by atoms with Crippen molar-refractivity contribution in [1.82, 2.24) is 5.32 Å². The van der Waals surface area contributed by atoms with Crippen LogP contribution in [-0.2, 0) is 13.9 Å². The van der Waals surface area contributed by atoms with Crippen LogP contribution in [0.25, 0.3) is 0 Å². The summed E-state index contributed by atoms with van der Waals surface area (Å²) in [7, 11) is -5.07. The number of hydrogen-bond acceptors (Lipinski definition) is 5. The number of hydrogen-bond donors (Lipinski definition) is 1. The van der Waals surface area contributed by atoms with Crippen LogP contribution < -0.4 is 74.2 Å². The largest absolute Gasteiger partial charge is 1.00 e. The fourth-order valence-electron chi connectivity index (χ4n) is 2.40. The predicted molar refractivity (Wildman–Crippen MR) is 88.9 cm³/mol. The van der Waals surface area contributed by atoms with Gasteiger partial charge in [0.15, 0.2) is 0 Å². The number of nitrogens with one attached hydrogen (secondary N) is 1. The Labute approximate surface area is 200 Å². The summed E-state index contributed by atoms with van der Waals surface area (Å²) < 4.78 is 15.0. The summed E-state index contributed by atoms with van der Waals surface area (Å²) in [6.45, 7) is 1.76. The molecule has 0 fully saturated rings. The van der Waals surface area contributed by atoms with Crippen LogP contribution in [0.4, 0.5) is 0 Å². The normalized spacial score (nSPS) is 11.8. The van der Waals surface area contributed by atoms with Gasteiger partial charge in [-0.2, -0.15) is 0 Å². The molecule has 1 N–H and O–H groups in total. The summed E-state index contributed by atoms with van der Waals surface area (Å²) in [4.78, 5) is 33.4. The predicted octanol–water partition coefficient (Wildman–Crippen LogP) is -3.55. The first kappa shape index (κ1) is 29.0. The van der Waals surface area contributed by atoms with Crippen LogP contribution >= 0.6 is 7.82 Å². The molecule has 0 aliphatic carbocycles. The van der Waals surface area contributed by atoms with Gasteiger partial charge >= 0.3 is 59.1 Å². The molecule has 9 heteroatoms. The number of rotatable bonds is 12. The molecule has 0 saturated heterocycles. The molecule has 136 valence electrons. The molecule has 6 nitrogen and oxygen atoms in total. The van der Waals surface area contributed by atoms with Crippen LogP contribution in [0, 0.1) is 0 Å². The maximum atomic E-state index is 12.0. The first-order valence-electron chi connectivity index (χ1n) is 8.43. The SMILES string of the molecule is CCCCCCCCC(=O)N[C@@H](COP(=O)([O-])[O-])c1ccccc1.[Na+].[Na+]. The number of amides is 1. The molecular weight excluding hydrogens is 375 g/mol. The van der Waals surface area contributed by atoms with Crippen LogP contribution in [0.1, 0.15) is 63.5 Å². The Hall–Kier alpha value is 0.800. The topological polar surface area (TPSA) is 102 Å². The van der Waals surface area contributed by atoms with Crippen molar-refractivity contribution in [2.24, 2.45) is 0 Å². The third-order valence-electron chi connectivity index (χ3n) is 3.69. The molecular formula is C17H26NNa2O5P. The minimum absolute atomic E-state index is 0. The van der Waals surface area contributed by atoms with Crippen molar-refractivity contribution in [2.75, 3.05) is 6.61 Å². The summed E-state index contributed by atoms with van der Waals surface area (Å²) >= 11 is 0. The first-order valence-corrected chi connectivity index (χ1v) is 9.89. The van der Waals surface area contributed by atoms with Crippen molar-refractivity contribution >= 4 is 13.7 Å². The minimum atomic E-state index is -5.07. The Morgan fingerprint density at radius 2 is 1.65 bits per heavy atom. The molecule has 1 rings (SSSR count). The minimum Gasteiger partial charge on any atom is -0.790 e. The summed E-state index contributed by atoms with van der Waals surface area (Å²) in [5.41, 5.74) is 0.697. The van der Waals surface area contributed by atoms with E-state index in [4.69, 9.17) is 0 Å². The van der Waals surface area contributed by atoms with E-state index in [1.807, 2.05) is 6.07 Å². The van der Waals surface area contributed by atoms with Gasteiger partial charge in [-0.1, -0.05) is 69.4 Å². The number of carbonyl (C=O) groups is 1. The Balaban J connectivity index is 0. The number of phosphoric ester groups is 1. The molecule has 0 saturated carbocycles. The molecule has 1 aromatic carbocycles. The van der Waals surface area contributed by atoms with Gasteiger partial charge in [-0.05, 0) is 12.0 Å².